The van der Waals surface area contributed by atoms with E-state index in [1.807, 2.05) is 6.92 Å². The van der Waals surface area contributed by atoms with Crippen molar-refractivity contribution in [3.05, 3.63) is 23.3 Å². The van der Waals surface area contributed by atoms with E-state index in [0.717, 1.165) is 11.5 Å². The second-order valence-electron chi connectivity index (χ2n) is 4.02. The molecule has 1 saturated carbocycles. The average molecular weight is 191 g/mol. The SMILES string of the molecule is Cc1nc(CN)cc(C2CCCC2)n1. The first-order valence-corrected chi connectivity index (χ1v) is 5.34. The van der Waals surface area contributed by atoms with Crippen LogP contribution in [0.1, 0.15) is 48.8 Å². The number of aromatic nitrogens is 2. The molecule has 0 aliphatic heterocycles. The molecular weight excluding hydrogens is 174 g/mol. The second kappa shape index (κ2) is 4.05. The number of aryl methyl sites for hydroxylation is 1. The van der Waals surface area contributed by atoms with Gasteiger partial charge >= 0.3 is 0 Å². The third-order valence-electron chi connectivity index (χ3n) is 2.89. The molecule has 1 aliphatic rings. The Morgan fingerprint density at radius 1 is 1.36 bits per heavy atom. The molecule has 3 heteroatoms. The van der Waals surface area contributed by atoms with Crippen molar-refractivity contribution in [2.45, 2.75) is 45.1 Å². The van der Waals surface area contributed by atoms with E-state index in [1.54, 1.807) is 0 Å². The number of nitrogens with two attached hydrogens (primary N) is 1. The molecule has 2 rings (SSSR count). The van der Waals surface area contributed by atoms with Crippen molar-refractivity contribution in [1.29, 1.82) is 0 Å². The minimum absolute atomic E-state index is 0.517. The summed E-state index contributed by atoms with van der Waals surface area (Å²) in [7, 11) is 0. The Balaban J connectivity index is 2.27. The van der Waals surface area contributed by atoms with Crippen LogP contribution in [0.3, 0.4) is 0 Å². The molecule has 0 atom stereocenters. The van der Waals surface area contributed by atoms with E-state index in [0.29, 0.717) is 12.5 Å². The third kappa shape index (κ3) is 1.93. The number of nitrogens with zero attached hydrogens (tertiary/aromatic N) is 2. The fourth-order valence-corrected chi connectivity index (χ4v) is 2.19. The zero-order valence-corrected chi connectivity index (χ0v) is 8.66. The zero-order valence-electron chi connectivity index (χ0n) is 8.66. The molecule has 3 nitrogen and oxygen atoms in total. The largest absolute Gasteiger partial charge is 0.325 e. The average Bonchev–Trinajstić information content (AvgIpc) is 2.69. The molecule has 2 N–H and O–H groups in total. The normalized spacial score (nSPS) is 17.6. The van der Waals surface area contributed by atoms with Gasteiger partial charge in [0.2, 0.25) is 0 Å². The molecule has 0 radical (unpaired) electrons. The molecule has 1 aromatic rings. The van der Waals surface area contributed by atoms with Crippen LogP contribution in [-0.4, -0.2) is 9.97 Å². The Morgan fingerprint density at radius 2 is 2.07 bits per heavy atom. The van der Waals surface area contributed by atoms with Crippen LogP contribution in [-0.2, 0) is 6.54 Å². The summed E-state index contributed by atoms with van der Waals surface area (Å²) in [6, 6.07) is 2.07. The van der Waals surface area contributed by atoms with E-state index in [-0.39, 0.29) is 0 Å². The van der Waals surface area contributed by atoms with E-state index in [4.69, 9.17) is 5.73 Å². The molecular formula is C11H17N3. The molecule has 76 valence electrons. The van der Waals surface area contributed by atoms with Crippen molar-refractivity contribution in [2.24, 2.45) is 5.73 Å². The summed E-state index contributed by atoms with van der Waals surface area (Å²) in [4.78, 5) is 8.78. The van der Waals surface area contributed by atoms with Crippen molar-refractivity contribution in [2.75, 3.05) is 0 Å². The van der Waals surface area contributed by atoms with Gasteiger partial charge in [-0.25, -0.2) is 9.97 Å². The van der Waals surface area contributed by atoms with Crippen LogP contribution < -0.4 is 5.73 Å². The molecule has 0 saturated heterocycles. The Morgan fingerprint density at radius 3 is 2.71 bits per heavy atom. The summed E-state index contributed by atoms with van der Waals surface area (Å²) in [6.45, 7) is 2.46. The molecule has 0 unspecified atom stereocenters. The quantitative estimate of drug-likeness (QED) is 0.776. The van der Waals surface area contributed by atoms with Crippen molar-refractivity contribution in [3.63, 3.8) is 0 Å². The van der Waals surface area contributed by atoms with Gasteiger partial charge < -0.3 is 5.73 Å². The van der Waals surface area contributed by atoms with Crippen LogP contribution in [0.5, 0.6) is 0 Å². The Hall–Kier alpha value is -0.960. The summed E-state index contributed by atoms with van der Waals surface area (Å²) < 4.78 is 0. The van der Waals surface area contributed by atoms with Gasteiger partial charge in [0.05, 0.1) is 5.69 Å². The van der Waals surface area contributed by atoms with Crippen LogP contribution in [0.25, 0.3) is 0 Å². The molecule has 14 heavy (non-hydrogen) atoms. The maximum Gasteiger partial charge on any atom is 0.125 e. The second-order valence-corrected chi connectivity index (χ2v) is 4.02. The van der Waals surface area contributed by atoms with Crippen LogP contribution in [0, 0.1) is 6.92 Å². The topological polar surface area (TPSA) is 51.8 Å². The summed E-state index contributed by atoms with van der Waals surface area (Å²) in [6.07, 6.45) is 5.23. The molecule has 0 amide bonds. The minimum atomic E-state index is 0.517. The summed E-state index contributed by atoms with van der Waals surface area (Å²) in [5.74, 6) is 1.51. The highest BCUT2D eigenvalue weighted by Crippen LogP contribution is 2.33. The van der Waals surface area contributed by atoms with Gasteiger partial charge in [-0.1, -0.05) is 12.8 Å². The first-order chi connectivity index (χ1) is 6.79. The maximum atomic E-state index is 5.60. The molecule has 1 aromatic heterocycles. The lowest BCUT2D eigenvalue weighted by molar-refractivity contribution is 0.683. The molecule has 0 aromatic carbocycles. The summed E-state index contributed by atoms with van der Waals surface area (Å²) in [5, 5.41) is 0. The van der Waals surface area contributed by atoms with Crippen molar-refractivity contribution >= 4 is 0 Å². The number of hydrogen-bond donors (Lipinski definition) is 1. The fraction of sp³-hybridized carbons (Fsp3) is 0.636. The lowest BCUT2D eigenvalue weighted by atomic mass is 10.0. The predicted octanol–water partition coefficient (Wildman–Crippen LogP) is 1.90. The molecule has 0 spiro atoms. The van der Waals surface area contributed by atoms with Gasteiger partial charge in [0, 0.05) is 18.2 Å². The van der Waals surface area contributed by atoms with Crippen LogP contribution in [0.15, 0.2) is 6.07 Å². The smallest absolute Gasteiger partial charge is 0.125 e. The first kappa shape index (κ1) is 9.59. The van der Waals surface area contributed by atoms with Gasteiger partial charge in [0.1, 0.15) is 5.82 Å². The van der Waals surface area contributed by atoms with Crippen LogP contribution in [0.2, 0.25) is 0 Å². The van der Waals surface area contributed by atoms with E-state index in [9.17, 15) is 0 Å². The van der Waals surface area contributed by atoms with Gasteiger partial charge in [-0.05, 0) is 25.8 Å². The molecule has 1 heterocycles. The van der Waals surface area contributed by atoms with Crippen LogP contribution >= 0.6 is 0 Å². The number of hydrogen-bond acceptors (Lipinski definition) is 3. The van der Waals surface area contributed by atoms with Gasteiger partial charge in [-0.2, -0.15) is 0 Å². The van der Waals surface area contributed by atoms with Gasteiger partial charge in [0.15, 0.2) is 0 Å². The van der Waals surface area contributed by atoms with Crippen molar-refractivity contribution < 1.29 is 0 Å². The zero-order chi connectivity index (χ0) is 9.97. The van der Waals surface area contributed by atoms with E-state index in [2.05, 4.69) is 16.0 Å². The highest BCUT2D eigenvalue weighted by Gasteiger charge is 2.19. The summed E-state index contributed by atoms with van der Waals surface area (Å²) in [5.41, 5.74) is 7.77. The van der Waals surface area contributed by atoms with Crippen LogP contribution in [0.4, 0.5) is 0 Å². The van der Waals surface area contributed by atoms with Gasteiger partial charge in [0.25, 0.3) is 0 Å². The first-order valence-electron chi connectivity index (χ1n) is 5.34. The summed E-state index contributed by atoms with van der Waals surface area (Å²) >= 11 is 0. The van der Waals surface area contributed by atoms with Crippen molar-refractivity contribution in [1.82, 2.24) is 9.97 Å². The lowest BCUT2D eigenvalue weighted by Crippen LogP contribution is -2.06. The molecule has 1 fully saturated rings. The van der Waals surface area contributed by atoms with Crippen molar-refractivity contribution in [3.8, 4) is 0 Å². The van der Waals surface area contributed by atoms with E-state index in [1.165, 1.54) is 31.4 Å². The monoisotopic (exact) mass is 191 g/mol. The Bertz CT molecular complexity index is 316. The standard InChI is InChI=1S/C11H17N3/c1-8-13-10(7-12)6-11(14-8)9-4-2-3-5-9/h6,9H,2-5,7,12H2,1H3. The Labute approximate surface area is 84.8 Å². The maximum absolute atomic E-state index is 5.60. The Kier molecular flexibility index (Phi) is 2.77. The van der Waals surface area contributed by atoms with E-state index < -0.39 is 0 Å². The van der Waals surface area contributed by atoms with Gasteiger partial charge in [-0.3, -0.25) is 0 Å². The van der Waals surface area contributed by atoms with E-state index >= 15 is 0 Å². The highest BCUT2D eigenvalue weighted by molar-refractivity contribution is 5.15. The lowest BCUT2D eigenvalue weighted by Gasteiger charge is -2.10. The number of rotatable bonds is 2. The third-order valence-corrected chi connectivity index (χ3v) is 2.89. The fourth-order valence-electron chi connectivity index (χ4n) is 2.19. The molecule has 1 aliphatic carbocycles. The highest BCUT2D eigenvalue weighted by atomic mass is 14.9. The van der Waals surface area contributed by atoms with Gasteiger partial charge in [-0.15, -0.1) is 0 Å². The molecule has 0 bridgehead atoms. The predicted molar refractivity (Wildman–Crippen MR) is 55.9 cm³/mol. The minimum Gasteiger partial charge on any atom is -0.325 e.